The number of nitrogens with zero attached hydrogens (tertiary/aromatic N) is 2. The van der Waals surface area contributed by atoms with Crippen molar-refractivity contribution < 1.29 is 14.4 Å². The molecule has 3 amide bonds. The van der Waals surface area contributed by atoms with E-state index in [0.29, 0.717) is 31.9 Å². The minimum Gasteiger partial charge on any atom is -0.340 e. The van der Waals surface area contributed by atoms with Gasteiger partial charge in [-0.3, -0.25) is 19.3 Å². The Bertz CT molecular complexity index is 719. The first-order valence-corrected chi connectivity index (χ1v) is 10.2. The molecule has 2 N–H and O–H groups in total. The number of thioether (sulfide) groups is 1. The molecule has 8 heteroatoms. The Labute approximate surface area is 163 Å². The zero-order valence-electron chi connectivity index (χ0n) is 15.8. The maximum atomic E-state index is 12.5. The maximum absolute atomic E-state index is 12.5. The highest BCUT2D eigenvalue weighted by Gasteiger charge is 2.32. The van der Waals surface area contributed by atoms with E-state index in [9.17, 15) is 14.4 Å². The molecule has 1 unspecified atom stereocenters. The number of rotatable bonds is 4. The fraction of sp³-hybridized carbons (Fsp3) is 0.526. The van der Waals surface area contributed by atoms with Crippen LogP contribution in [0.5, 0.6) is 0 Å². The van der Waals surface area contributed by atoms with Gasteiger partial charge >= 0.3 is 0 Å². The Kier molecular flexibility index (Phi) is 6.38. The largest absolute Gasteiger partial charge is 0.340 e. The van der Waals surface area contributed by atoms with E-state index in [4.69, 9.17) is 0 Å². The molecule has 1 aromatic rings. The van der Waals surface area contributed by atoms with E-state index in [1.54, 1.807) is 4.90 Å². The Hall–Kier alpha value is -2.06. The van der Waals surface area contributed by atoms with Gasteiger partial charge in [0.1, 0.15) is 6.04 Å². The van der Waals surface area contributed by atoms with Gasteiger partial charge in [-0.2, -0.15) is 0 Å². The summed E-state index contributed by atoms with van der Waals surface area (Å²) >= 11 is 1.15. The molecular formula is C19H26N4O3S. The van der Waals surface area contributed by atoms with Gasteiger partial charge in [-0.1, -0.05) is 30.0 Å². The number of benzene rings is 1. The van der Waals surface area contributed by atoms with E-state index in [2.05, 4.69) is 15.5 Å². The lowest BCUT2D eigenvalue weighted by molar-refractivity contribution is -0.132. The Morgan fingerprint density at radius 1 is 1.19 bits per heavy atom. The van der Waals surface area contributed by atoms with Gasteiger partial charge in [0.25, 0.3) is 5.24 Å². The molecule has 2 aliphatic heterocycles. The van der Waals surface area contributed by atoms with Gasteiger partial charge in [-0.05, 0) is 31.4 Å². The average molecular weight is 391 g/mol. The van der Waals surface area contributed by atoms with Crippen molar-refractivity contribution in [2.45, 2.75) is 26.3 Å². The number of nitrogens with one attached hydrogen (secondary N) is 2. The van der Waals surface area contributed by atoms with E-state index in [-0.39, 0.29) is 17.1 Å². The van der Waals surface area contributed by atoms with E-state index < -0.39 is 6.04 Å². The van der Waals surface area contributed by atoms with Crippen molar-refractivity contribution in [3.63, 3.8) is 0 Å². The van der Waals surface area contributed by atoms with Gasteiger partial charge in [-0.15, -0.1) is 0 Å². The van der Waals surface area contributed by atoms with Gasteiger partial charge in [-0.25, -0.2) is 0 Å². The van der Waals surface area contributed by atoms with E-state index in [0.717, 1.165) is 41.5 Å². The molecule has 27 heavy (non-hydrogen) atoms. The van der Waals surface area contributed by atoms with Crippen LogP contribution < -0.4 is 10.6 Å². The summed E-state index contributed by atoms with van der Waals surface area (Å²) in [6.45, 7) is 6.94. The zero-order chi connectivity index (χ0) is 19.4. The van der Waals surface area contributed by atoms with Crippen LogP contribution in [0.4, 0.5) is 10.5 Å². The van der Waals surface area contributed by atoms with Gasteiger partial charge < -0.3 is 15.5 Å². The Balaban J connectivity index is 1.51. The number of anilines is 1. The number of carbonyl (C=O) groups excluding carboxylic acids is 3. The van der Waals surface area contributed by atoms with Crippen LogP contribution >= 0.6 is 11.8 Å². The third-order valence-electron chi connectivity index (χ3n) is 4.98. The van der Waals surface area contributed by atoms with E-state index in [1.807, 2.05) is 32.0 Å². The lowest BCUT2D eigenvalue weighted by atomic mass is 10.1. The maximum Gasteiger partial charge on any atom is 0.279 e. The molecule has 146 valence electrons. The van der Waals surface area contributed by atoms with Crippen LogP contribution in [0.3, 0.4) is 0 Å². The van der Waals surface area contributed by atoms with Crippen LogP contribution in [0.25, 0.3) is 0 Å². The van der Waals surface area contributed by atoms with Crippen molar-refractivity contribution >= 4 is 34.5 Å². The molecule has 0 aromatic heterocycles. The van der Waals surface area contributed by atoms with Crippen molar-refractivity contribution in [1.29, 1.82) is 0 Å². The van der Waals surface area contributed by atoms with Gasteiger partial charge in [0.05, 0.1) is 6.54 Å². The smallest absolute Gasteiger partial charge is 0.279 e. The van der Waals surface area contributed by atoms with Crippen molar-refractivity contribution in [3.05, 3.63) is 29.3 Å². The molecule has 2 saturated heterocycles. The molecule has 1 aromatic carbocycles. The topological polar surface area (TPSA) is 81.8 Å². The second kappa shape index (κ2) is 8.75. The summed E-state index contributed by atoms with van der Waals surface area (Å²) in [4.78, 5) is 40.2. The molecule has 1 atom stereocenters. The molecule has 3 rings (SSSR count). The summed E-state index contributed by atoms with van der Waals surface area (Å²) in [6.07, 6.45) is 0.816. The minimum absolute atomic E-state index is 0.0183. The molecule has 7 nitrogen and oxygen atoms in total. The van der Waals surface area contributed by atoms with Crippen LogP contribution in [0.2, 0.25) is 0 Å². The van der Waals surface area contributed by atoms with Gasteiger partial charge in [0, 0.05) is 37.6 Å². The van der Waals surface area contributed by atoms with Crippen molar-refractivity contribution in [1.82, 2.24) is 15.1 Å². The highest BCUT2D eigenvalue weighted by Crippen LogP contribution is 2.19. The molecule has 0 spiro atoms. The lowest BCUT2D eigenvalue weighted by Crippen LogP contribution is -2.47. The highest BCUT2D eigenvalue weighted by atomic mass is 32.2. The second-order valence-electron chi connectivity index (χ2n) is 7.07. The number of para-hydroxylation sites is 1. The molecule has 0 saturated carbocycles. The molecular weight excluding hydrogens is 364 g/mol. The third-order valence-corrected chi connectivity index (χ3v) is 5.86. The quantitative estimate of drug-likeness (QED) is 0.816. The predicted molar refractivity (Wildman–Crippen MR) is 107 cm³/mol. The summed E-state index contributed by atoms with van der Waals surface area (Å²) in [5.74, 6) is 0.442. The Morgan fingerprint density at radius 3 is 2.59 bits per heavy atom. The first-order valence-electron chi connectivity index (χ1n) is 9.24. The number of hydrogen-bond acceptors (Lipinski definition) is 5. The molecule has 2 heterocycles. The summed E-state index contributed by atoms with van der Waals surface area (Å²) in [5.41, 5.74) is 2.98. The van der Waals surface area contributed by atoms with Crippen LogP contribution in [0, 0.1) is 13.8 Å². The van der Waals surface area contributed by atoms with Crippen molar-refractivity contribution in [2.75, 3.05) is 43.8 Å². The fourth-order valence-corrected chi connectivity index (χ4v) is 4.25. The first-order chi connectivity index (χ1) is 12.9. The SMILES string of the molecule is Cc1cccc(C)c1NC(=O)CN1CCCN(C(=O)C2CSC(=O)N2)CC1. The van der Waals surface area contributed by atoms with Gasteiger partial charge in [0.15, 0.2) is 0 Å². The van der Waals surface area contributed by atoms with Crippen LogP contribution in [0.1, 0.15) is 17.5 Å². The molecule has 0 aliphatic carbocycles. The predicted octanol–water partition coefficient (Wildman–Crippen LogP) is 1.60. The summed E-state index contributed by atoms with van der Waals surface area (Å²) in [6, 6.07) is 5.53. The summed E-state index contributed by atoms with van der Waals surface area (Å²) < 4.78 is 0. The number of amides is 3. The third kappa shape index (κ3) is 5.01. The summed E-state index contributed by atoms with van der Waals surface area (Å²) in [7, 11) is 0. The fourth-order valence-electron chi connectivity index (χ4n) is 3.48. The zero-order valence-corrected chi connectivity index (χ0v) is 16.6. The second-order valence-corrected chi connectivity index (χ2v) is 8.06. The molecule has 2 aliphatic rings. The number of aryl methyl sites for hydroxylation is 2. The standard InChI is InChI=1S/C19H26N4O3S/c1-13-5-3-6-14(2)17(13)21-16(24)11-22-7-4-8-23(10-9-22)18(25)15-12-27-19(26)20-15/h3,5-6,15H,4,7-12H2,1-2H3,(H,20,26)(H,21,24). The minimum atomic E-state index is -0.415. The van der Waals surface area contributed by atoms with Crippen LogP contribution in [-0.2, 0) is 9.59 Å². The monoisotopic (exact) mass is 390 g/mol. The van der Waals surface area contributed by atoms with Crippen molar-refractivity contribution in [2.24, 2.45) is 0 Å². The molecule has 0 bridgehead atoms. The molecule has 2 fully saturated rings. The average Bonchev–Trinajstić information content (AvgIpc) is 2.93. The van der Waals surface area contributed by atoms with Crippen molar-refractivity contribution in [3.8, 4) is 0 Å². The highest BCUT2D eigenvalue weighted by molar-refractivity contribution is 8.14. The van der Waals surface area contributed by atoms with Crippen LogP contribution in [-0.4, -0.2) is 71.4 Å². The Morgan fingerprint density at radius 2 is 1.93 bits per heavy atom. The summed E-state index contributed by atoms with van der Waals surface area (Å²) in [5, 5.41) is 5.59. The normalized spacial score (nSPS) is 20.9. The first kappa shape index (κ1) is 19.7. The number of carbonyl (C=O) groups is 3. The molecule has 0 radical (unpaired) electrons. The van der Waals surface area contributed by atoms with E-state index in [1.165, 1.54) is 0 Å². The van der Waals surface area contributed by atoms with E-state index >= 15 is 0 Å². The number of hydrogen-bond donors (Lipinski definition) is 2. The van der Waals surface area contributed by atoms with Gasteiger partial charge in [0.2, 0.25) is 11.8 Å². The van der Waals surface area contributed by atoms with Crippen LogP contribution in [0.15, 0.2) is 18.2 Å². The lowest BCUT2D eigenvalue weighted by Gasteiger charge is -2.24.